The quantitative estimate of drug-likeness (QED) is 0.694. The van der Waals surface area contributed by atoms with Crippen LogP contribution in [0.15, 0.2) is 36.4 Å². The van der Waals surface area contributed by atoms with Gasteiger partial charge in [-0.15, -0.1) is 0 Å². The predicted molar refractivity (Wildman–Crippen MR) is 126 cm³/mol. The number of nitrogens with zero attached hydrogens (tertiary/aromatic N) is 2. The first kappa shape index (κ1) is 21.3. The molecule has 0 aromatic heterocycles. The van der Waals surface area contributed by atoms with Crippen LogP contribution in [0, 0.1) is 0 Å². The van der Waals surface area contributed by atoms with Crippen LogP contribution < -0.4 is 5.32 Å². The Morgan fingerprint density at radius 3 is 2.61 bits per heavy atom. The van der Waals surface area contributed by atoms with E-state index >= 15 is 0 Å². The molecule has 0 spiro atoms. The minimum Gasteiger partial charge on any atom is -0.330 e. The lowest BCUT2D eigenvalue weighted by molar-refractivity contribution is 0.0674. The molecule has 1 atom stereocenters. The summed E-state index contributed by atoms with van der Waals surface area (Å²) in [4.78, 5) is 17.5. The van der Waals surface area contributed by atoms with Gasteiger partial charge in [0.2, 0.25) is 0 Å². The van der Waals surface area contributed by atoms with Crippen LogP contribution in [0.25, 0.3) is 0 Å². The molecule has 2 saturated heterocycles. The van der Waals surface area contributed by atoms with Gasteiger partial charge in [0.15, 0.2) is 0 Å². The van der Waals surface area contributed by atoms with Crippen molar-refractivity contribution in [2.24, 2.45) is 0 Å². The number of rotatable bonds is 4. The number of benzene rings is 2. The average Bonchev–Trinajstić information content (AvgIpc) is 3.13. The van der Waals surface area contributed by atoms with Gasteiger partial charge in [-0.2, -0.15) is 0 Å². The van der Waals surface area contributed by atoms with Gasteiger partial charge in [0.25, 0.3) is 5.91 Å². The van der Waals surface area contributed by atoms with E-state index in [2.05, 4.69) is 33.3 Å². The molecule has 2 fully saturated rings. The van der Waals surface area contributed by atoms with Crippen molar-refractivity contribution >= 4 is 29.1 Å². The van der Waals surface area contributed by atoms with Crippen LogP contribution in [-0.2, 0) is 13.1 Å². The predicted octanol–water partition coefficient (Wildman–Crippen LogP) is 5.08. The lowest BCUT2D eigenvalue weighted by atomic mass is 9.87. The third-order valence-electron chi connectivity index (χ3n) is 7.14. The molecule has 0 radical (unpaired) electrons. The minimum atomic E-state index is 0.213. The van der Waals surface area contributed by atoms with Gasteiger partial charge < -0.3 is 10.2 Å². The summed E-state index contributed by atoms with van der Waals surface area (Å²) < 4.78 is 0. The summed E-state index contributed by atoms with van der Waals surface area (Å²) in [5.74, 6) is 0.771. The highest BCUT2D eigenvalue weighted by atomic mass is 35.5. The molecule has 2 aromatic rings. The van der Waals surface area contributed by atoms with Crippen LogP contribution in [0.5, 0.6) is 0 Å². The van der Waals surface area contributed by atoms with Gasteiger partial charge in [-0.05, 0) is 86.1 Å². The molecular weight excluding hydrogens is 429 g/mol. The highest BCUT2D eigenvalue weighted by molar-refractivity contribution is 6.35. The number of hydrogen-bond donors (Lipinski definition) is 1. The number of fused-ring (bicyclic) bond motifs is 1. The molecular formula is C25H29Cl2N3O. The Kier molecular flexibility index (Phi) is 6.25. The van der Waals surface area contributed by atoms with Crippen molar-refractivity contribution in [1.82, 2.24) is 15.1 Å². The zero-order valence-electron chi connectivity index (χ0n) is 17.7. The fourth-order valence-electron chi connectivity index (χ4n) is 5.33. The summed E-state index contributed by atoms with van der Waals surface area (Å²) in [6.07, 6.45) is 4.52. The first-order valence-electron chi connectivity index (χ1n) is 11.4. The van der Waals surface area contributed by atoms with Crippen molar-refractivity contribution in [2.45, 2.75) is 50.7 Å². The lowest BCUT2D eigenvalue weighted by Crippen LogP contribution is -2.46. The molecule has 0 saturated carbocycles. The van der Waals surface area contributed by atoms with E-state index in [0.29, 0.717) is 17.0 Å². The second-order valence-electron chi connectivity index (χ2n) is 9.14. The summed E-state index contributed by atoms with van der Waals surface area (Å²) in [6, 6.07) is 12.7. The molecule has 1 amide bonds. The Morgan fingerprint density at radius 2 is 1.87 bits per heavy atom. The molecule has 6 heteroatoms. The van der Waals surface area contributed by atoms with Crippen molar-refractivity contribution < 1.29 is 4.79 Å². The third-order valence-corrected chi connectivity index (χ3v) is 7.73. The minimum absolute atomic E-state index is 0.213. The summed E-state index contributed by atoms with van der Waals surface area (Å²) in [6.45, 7) is 5.73. The van der Waals surface area contributed by atoms with Gasteiger partial charge in [-0.25, -0.2) is 0 Å². The highest BCUT2D eigenvalue weighted by Crippen LogP contribution is 2.34. The van der Waals surface area contributed by atoms with Gasteiger partial charge >= 0.3 is 0 Å². The normalized spacial score (nSPS) is 22.7. The van der Waals surface area contributed by atoms with E-state index in [9.17, 15) is 4.79 Å². The standard InChI is InChI=1S/C25H29Cl2N3O/c26-21-5-3-19(24(27)13-21)15-29-10-7-17(8-11-29)18-4-6-23-20(12-18)16-30(25(23)31)22-2-1-9-28-14-22/h3-6,12-13,17,22,28H,1-2,7-11,14-16H2. The van der Waals surface area contributed by atoms with E-state index in [1.54, 1.807) is 0 Å². The fourth-order valence-corrected chi connectivity index (χ4v) is 5.79. The lowest BCUT2D eigenvalue weighted by Gasteiger charge is -2.32. The van der Waals surface area contributed by atoms with Crippen LogP contribution in [-0.4, -0.2) is 47.9 Å². The van der Waals surface area contributed by atoms with Gasteiger partial charge in [-0.1, -0.05) is 41.4 Å². The second-order valence-corrected chi connectivity index (χ2v) is 9.98. The van der Waals surface area contributed by atoms with Gasteiger partial charge in [0, 0.05) is 41.3 Å². The van der Waals surface area contributed by atoms with E-state index in [-0.39, 0.29) is 5.91 Å². The molecule has 3 aliphatic heterocycles. The Labute approximate surface area is 194 Å². The first-order valence-corrected chi connectivity index (χ1v) is 12.1. The summed E-state index contributed by atoms with van der Waals surface area (Å²) in [5, 5.41) is 4.86. The van der Waals surface area contributed by atoms with Gasteiger partial charge in [0.1, 0.15) is 0 Å². The molecule has 164 valence electrons. The van der Waals surface area contributed by atoms with Crippen LogP contribution in [0.2, 0.25) is 10.0 Å². The number of likely N-dealkylation sites (tertiary alicyclic amines) is 1. The molecule has 2 aromatic carbocycles. The molecule has 4 nitrogen and oxygen atoms in total. The van der Waals surface area contributed by atoms with E-state index in [1.165, 1.54) is 11.1 Å². The van der Waals surface area contributed by atoms with Gasteiger partial charge in [-0.3, -0.25) is 9.69 Å². The molecule has 3 heterocycles. The number of carbonyl (C=O) groups excluding carboxylic acids is 1. The molecule has 1 unspecified atom stereocenters. The molecule has 1 N–H and O–H groups in total. The van der Waals surface area contributed by atoms with Crippen molar-refractivity contribution in [3.8, 4) is 0 Å². The first-order chi connectivity index (χ1) is 15.1. The molecule has 5 rings (SSSR count). The van der Waals surface area contributed by atoms with Crippen LogP contribution in [0.1, 0.15) is 58.6 Å². The maximum Gasteiger partial charge on any atom is 0.254 e. The van der Waals surface area contributed by atoms with E-state index in [0.717, 1.165) is 81.1 Å². The Bertz CT molecular complexity index is 965. The van der Waals surface area contributed by atoms with Crippen molar-refractivity contribution in [3.63, 3.8) is 0 Å². The number of amides is 1. The zero-order valence-corrected chi connectivity index (χ0v) is 19.3. The van der Waals surface area contributed by atoms with Crippen LogP contribution in [0.4, 0.5) is 0 Å². The number of piperidine rings is 2. The van der Waals surface area contributed by atoms with E-state index < -0.39 is 0 Å². The number of hydrogen-bond acceptors (Lipinski definition) is 3. The summed E-state index contributed by atoms with van der Waals surface area (Å²) >= 11 is 12.4. The number of halogens is 2. The molecule has 0 bridgehead atoms. The summed E-state index contributed by atoms with van der Waals surface area (Å²) in [7, 11) is 0. The van der Waals surface area contributed by atoms with Crippen molar-refractivity contribution in [3.05, 3.63) is 68.7 Å². The SMILES string of the molecule is O=C1c2ccc(C3CCN(Cc4ccc(Cl)cc4Cl)CC3)cc2CN1C1CCCNC1. The fraction of sp³-hybridized carbons (Fsp3) is 0.480. The number of carbonyl (C=O) groups is 1. The third kappa shape index (κ3) is 4.49. The van der Waals surface area contributed by atoms with Crippen LogP contribution >= 0.6 is 23.2 Å². The Morgan fingerprint density at radius 1 is 1.03 bits per heavy atom. The zero-order chi connectivity index (χ0) is 21.4. The Hall–Kier alpha value is -1.59. The monoisotopic (exact) mass is 457 g/mol. The summed E-state index contributed by atoms with van der Waals surface area (Å²) in [5.41, 5.74) is 4.64. The highest BCUT2D eigenvalue weighted by Gasteiger charge is 2.34. The molecule has 3 aliphatic rings. The second kappa shape index (κ2) is 9.11. The van der Waals surface area contributed by atoms with E-state index in [1.807, 2.05) is 18.2 Å². The maximum atomic E-state index is 12.9. The largest absolute Gasteiger partial charge is 0.330 e. The number of nitrogens with one attached hydrogen (secondary N) is 1. The van der Waals surface area contributed by atoms with E-state index in [4.69, 9.17) is 23.2 Å². The topological polar surface area (TPSA) is 35.6 Å². The average molecular weight is 458 g/mol. The van der Waals surface area contributed by atoms with Crippen LogP contribution in [0.3, 0.4) is 0 Å². The molecule has 31 heavy (non-hydrogen) atoms. The Balaban J connectivity index is 1.21. The van der Waals surface area contributed by atoms with Gasteiger partial charge in [0.05, 0.1) is 0 Å². The maximum absolute atomic E-state index is 12.9. The molecule has 0 aliphatic carbocycles. The smallest absolute Gasteiger partial charge is 0.254 e. The van der Waals surface area contributed by atoms with Crippen molar-refractivity contribution in [1.29, 1.82) is 0 Å². The van der Waals surface area contributed by atoms with Crippen molar-refractivity contribution in [2.75, 3.05) is 26.2 Å².